The number of fused-ring (bicyclic) bond motifs is 1. The molecule has 5 nitrogen and oxygen atoms in total. The normalized spacial score (nSPS) is 16.3. The first-order valence-corrected chi connectivity index (χ1v) is 10.8. The molecule has 1 atom stereocenters. The Labute approximate surface area is 173 Å². The predicted molar refractivity (Wildman–Crippen MR) is 118 cm³/mol. The maximum absolute atomic E-state index is 9.68. The minimum absolute atomic E-state index is 0.224. The van der Waals surface area contributed by atoms with E-state index in [2.05, 4.69) is 27.4 Å². The van der Waals surface area contributed by atoms with Gasteiger partial charge in [-0.05, 0) is 48.4 Å². The van der Waals surface area contributed by atoms with Crippen LogP contribution in [0, 0.1) is 0 Å². The number of anilines is 1. The second-order valence-corrected chi connectivity index (χ2v) is 8.55. The molecule has 4 aromatic rings. The van der Waals surface area contributed by atoms with Crippen molar-refractivity contribution in [2.45, 2.75) is 18.1 Å². The van der Waals surface area contributed by atoms with Gasteiger partial charge in [0.1, 0.15) is 23.7 Å². The monoisotopic (exact) mass is 403 g/mol. The average molecular weight is 404 g/mol. The fourth-order valence-electron chi connectivity index (χ4n) is 3.78. The van der Waals surface area contributed by atoms with E-state index in [0.717, 1.165) is 40.2 Å². The van der Waals surface area contributed by atoms with E-state index in [4.69, 9.17) is 4.42 Å². The summed E-state index contributed by atoms with van der Waals surface area (Å²) in [6.45, 7) is 0.880. The first kappa shape index (κ1) is 18.1. The van der Waals surface area contributed by atoms with Gasteiger partial charge in [-0.25, -0.2) is 9.97 Å². The Hall–Kier alpha value is -2.99. The van der Waals surface area contributed by atoms with Gasteiger partial charge >= 0.3 is 0 Å². The summed E-state index contributed by atoms with van der Waals surface area (Å²) in [6.07, 6.45) is 4.06. The molecular weight excluding hydrogens is 382 g/mol. The fourth-order valence-corrected chi connectivity index (χ4v) is 4.98. The highest BCUT2D eigenvalue weighted by Crippen LogP contribution is 2.42. The largest absolute Gasteiger partial charge is 0.508 e. The predicted octanol–water partition coefficient (Wildman–Crippen LogP) is 5.57. The van der Waals surface area contributed by atoms with Gasteiger partial charge in [-0.3, -0.25) is 0 Å². The summed E-state index contributed by atoms with van der Waals surface area (Å²) in [4.78, 5) is 8.94. The van der Waals surface area contributed by atoms with Crippen molar-refractivity contribution in [1.29, 1.82) is 0 Å². The van der Waals surface area contributed by atoms with Gasteiger partial charge in [0.15, 0.2) is 0 Å². The van der Waals surface area contributed by atoms with Crippen molar-refractivity contribution in [1.82, 2.24) is 9.97 Å². The molecular formula is C23H21N3O2S. The molecule has 2 aromatic heterocycles. The number of benzene rings is 2. The molecule has 0 spiro atoms. The maximum atomic E-state index is 9.68. The summed E-state index contributed by atoms with van der Waals surface area (Å²) < 4.78 is 6.21. The fraction of sp³-hybridized carbons (Fsp3) is 0.217. The van der Waals surface area contributed by atoms with Gasteiger partial charge in [0, 0.05) is 22.9 Å². The summed E-state index contributed by atoms with van der Waals surface area (Å²) in [6, 6.07) is 17.2. The van der Waals surface area contributed by atoms with Crippen LogP contribution in [-0.4, -0.2) is 32.6 Å². The quantitative estimate of drug-likeness (QED) is 0.454. The van der Waals surface area contributed by atoms with Gasteiger partial charge in [-0.2, -0.15) is 11.8 Å². The van der Waals surface area contributed by atoms with Crippen LogP contribution in [0.4, 0.5) is 5.82 Å². The van der Waals surface area contributed by atoms with E-state index in [1.54, 1.807) is 18.5 Å². The topological polar surface area (TPSA) is 71.2 Å². The Balaban J connectivity index is 1.66. The smallest absolute Gasteiger partial charge is 0.232 e. The first-order valence-electron chi connectivity index (χ1n) is 9.77. The summed E-state index contributed by atoms with van der Waals surface area (Å²) in [5.74, 6) is 2.99. The van der Waals surface area contributed by atoms with E-state index >= 15 is 0 Å². The number of aromatic nitrogens is 2. The standard InChI is InChI=1S/C23H21N3O2S/c27-17-10-8-16(9-11-17)21-19(15-5-2-1-3-6-15)20-22(25-14-26-23(20)28-21)24-13-18-7-4-12-29-18/h1-3,5-6,8-11,14,18,27H,4,7,12-13H2,(H,24,25,26). The van der Waals surface area contributed by atoms with Crippen LogP contribution in [0.1, 0.15) is 12.8 Å². The lowest BCUT2D eigenvalue weighted by Crippen LogP contribution is -2.14. The number of rotatable bonds is 5. The molecule has 1 saturated heterocycles. The minimum Gasteiger partial charge on any atom is -0.508 e. The summed E-state index contributed by atoms with van der Waals surface area (Å²) >= 11 is 2.02. The number of nitrogens with zero attached hydrogens (tertiary/aromatic N) is 2. The zero-order valence-corrected chi connectivity index (χ0v) is 16.7. The minimum atomic E-state index is 0.224. The van der Waals surface area contributed by atoms with Gasteiger partial charge in [0.25, 0.3) is 0 Å². The SMILES string of the molecule is Oc1ccc(-c2oc3ncnc(NCC4CCCS4)c3c2-c2ccccc2)cc1. The number of aromatic hydroxyl groups is 1. The number of phenols is 1. The van der Waals surface area contributed by atoms with Crippen molar-refractivity contribution in [2.24, 2.45) is 0 Å². The van der Waals surface area contributed by atoms with E-state index < -0.39 is 0 Å². The van der Waals surface area contributed by atoms with E-state index in [1.807, 2.05) is 42.1 Å². The van der Waals surface area contributed by atoms with Crippen LogP contribution >= 0.6 is 11.8 Å². The van der Waals surface area contributed by atoms with Crippen molar-refractivity contribution < 1.29 is 9.52 Å². The van der Waals surface area contributed by atoms with Gasteiger partial charge in [0.05, 0.1) is 5.39 Å². The summed E-state index contributed by atoms with van der Waals surface area (Å²) in [5, 5.41) is 14.7. The molecule has 0 aliphatic carbocycles. The molecule has 1 unspecified atom stereocenters. The number of hydrogen-bond donors (Lipinski definition) is 2. The van der Waals surface area contributed by atoms with Crippen LogP contribution in [-0.2, 0) is 0 Å². The highest BCUT2D eigenvalue weighted by Gasteiger charge is 2.23. The molecule has 5 rings (SSSR count). The van der Waals surface area contributed by atoms with E-state index in [1.165, 1.54) is 18.6 Å². The van der Waals surface area contributed by atoms with Gasteiger partial charge in [-0.15, -0.1) is 0 Å². The number of thioether (sulfide) groups is 1. The second kappa shape index (κ2) is 7.79. The van der Waals surface area contributed by atoms with E-state index in [0.29, 0.717) is 11.0 Å². The Kier molecular flexibility index (Phi) is 4.86. The van der Waals surface area contributed by atoms with E-state index in [9.17, 15) is 5.11 Å². The summed E-state index contributed by atoms with van der Waals surface area (Å²) in [5.41, 5.74) is 3.45. The molecule has 1 aliphatic heterocycles. The zero-order valence-electron chi connectivity index (χ0n) is 15.8. The highest BCUT2D eigenvalue weighted by molar-refractivity contribution is 8.00. The van der Waals surface area contributed by atoms with Crippen molar-refractivity contribution in [3.8, 4) is 28.2 Å². The zero-order chi connectivity index (χ0) is 19.6. The lowest BCUT2D eigenvalue weighted by molar-refractivity contribution is 0.475. The molecule has 0 bridgehead atoms. The van der Waals surface area contributed by atoms with Crippen molar-refractivity contribution >= 4 is 28.7 Å². The van der Waals surface area contributed by atoms with Crippen LogP contribution < -0.4 is 5.32 Å². The first-order chi connectivity index (χ1) is 14.3. The molecule has 6 heteroatoms. The van der Waals surface area contributed by atoms with Crippen LogP contribution in [0.15, 0.2) is 65.3 Å². The molecule has 1 fully saturated rings. The number of hydrogen-bond acceptors (Lipinski definition) is 6. The molecule has 0 saturated carbocycles. The molecule has 1 aliphatic rings. The van der Waals surface area contributed by atoms with Crippen LogP contribution in [0.3, 0.4) is 0 Å². The lowest BCUT2D eigenvalue weighted by Gasteiger charge is -2.12. The third kappa shape index (κ3) is 3.56. The summed E-state index contributed by atoms with van der Waals surface area (Å²) in [7, 11) is 0. The Bertz CT molecular complexity index is 1120. The molecule has 146 valence electrons. The Morgan fingerprint density at radius 1 is 1.03 bits per heavy atom. The number of phenolic OH excluding ortho intramolecular Hbond substituents is 1. The Morgan fingerprint density at radius 3 is 2.62 bits per heavy atom. The third-order valence-corrected chi connectivity index (χ3v) is 6.60. The second-order valence-electron chi connectivity index (χ2n) is 7.14. The maximum Gasteiger partial charge on any atom is 0.232 e. The van der Waals surface area contributed by atoms with Crippen LogP contribution in [0.2, 0.25) is 0 Å². The van der Waals surface area contributed by atoms with Gasteiger partial charge in [-0.1, -0.05) is 30.3 Å². The van der Waals surface area contributed by atoms with Crippen molar-refractivity contribution in [3.63, 3.8) is 0 Å². The van der Waals surface area contributed by atoms with Gasteiger partial charge in [0.2, 0.25) is 5.71 Å². The lowest BCUT2D eigenvalue weighted by atomic mass is 9.99. The molecule has 2 aromatic carbocycles. The molecule has 2 N–H and O–H groups in total. The van der Waals surface area contributed by atoms with Crippen LogP contribution in [0.25, 0.3) is 33.6 Å². The third-order valence-electron chi connectivity index (χ3n) is 5.20. The number of furan rings is 1. The van der Waals surface area contributed by atoms with Crippen LogP contribution in [0.5, 0.6) is 5.75 Å². The average Bonchev–Trinajstić information content (AvgIpc) is 3.41. The molecule has 0 amide bonds. The van der Waals surface area contributed by atoms with Crippen molar-refractivity contribution in [3.05, 3.63) is 60.9 Å². The van der Waals surface area contributed by atoms with E-state index in [-0.39, 0.29) is 5.75 Å². The highest BCUT2D eigenvalue weighted by atomic mass is 32.2. The number of nitrogens with one attached hydrogen (secondary N) is 1. The molecule has 29 heavy (non-hydrogen) atoms. The van der Waals surface area contributed by atoms with Crippen molar-refractivity contribution in [2.75, 3.05) is 17.6 Å². The molecule has 3 heterocycles. The molecule has 0 radical (unpaired) electrons. The Morgan fingerprint density at radius 2 is 1.86 bits per heavy atom. The van der Waals surface area contributed by atoms with Gasteiger partial charge < -0.3 is 14.8 Å².